The Kier molecular flexibility index (Phi) is 8.81. The first-order valence-corrected chi connectivity index (χ1v) is 6.13. The predicted molar refractivity (Wildman–Crippen MR) is 70.5 cm³/mol. The molecule has 0 aromatic heterocycles. The van der Waals surface area contributed by atoms with Gasteiger partial charge in [0, 0.05) is 6.42 Å². The zero-order chi connectivity index (χ0) is 13.4. The lowest BCUT2D eigenvalue weighted by atomic mass is 9.88. The first-order chi connectivity index (χ1) is 7.02. The smallest absolute Gasteiger partial charge is 0.120 e. The van der Waals surface area contributed by atoms with Gasteiger partial charge in [-0.3, -0.25) is 0 Å². The fourth-order valence-electron chi connectivity index (χ4n) is 1.10. The molecule has 0 spiro atoms. The van der Waals surface area contributed by atoms with Crippen molar-refractivity contribution >= 4 is 6.29 Å². The second-order valence-corrected chi connectivity index (χ2v) is 6.76. The van der Waals surface area contributed by atoms with Crippen molar-refractivity contribution in [1.82, 2.24) is 0 Å². The zero-order valence-corrected chi connectivity index (χ0v) is 12.1. The summed E-state index contributed by atoms with van der Waals surface area (Å²) < 4.78 is 0. The first kappa shape index (κ1) is 18.0. The minimum Gasteiger partial charge on any atom is -0.393 e. The summed E-state index contributed by atoms with van der Waals surface area (Å²) in [5.41, 5.74) is 0.456. The van der Waals surface area contributed by atoms with Crippen LogP contribution >= 0.6 is 0 Å². The SMILES string of the molecule is CC(C)(C)CC=O.CCC(O)CC(C)(C)C. The molecule has 1 unspecified atom stereocenters. The van der Waals surface area contributed by atoms with Crippen LogP contribution in [0, 0.1) is 10.8 Å². The summed E-state index contributed by atoms with van der Waals surface area (Å²) in [7, 11) is 0. The molecule has 1 atom stereocenters. The average Bonchev–Trinajstić information content (AvgIpc) is 1.99. The second kappa shape index (κ2) is 7.83. The van der Waals surface area contributed by atoms with E-state index in [1.165, 1.54) is 0 Å². The number of carbonyl (C=O) groups is 1. The fourth-order valence-corrected chi connectivity index (χ4v) is 1.10. The van der Waals surface area contributed by atoms with E-state index in [1.807, 2.05) is 27.7 Å². The molecule has 0 saturated carbocycles. The Morgan fingerprint density at radius 1 is 1.06 bits per heavy atom. The quantitative estimate of drug-likeness (QED) is 0.748. The predicted octanol–water partition coefficient (Wildman–Crippen LogP) is 3.82. The molecule has 0 aliphatic heterocycles. The molecule has 0 radical (unpaired) electrons. The number of aliphatic hydroxyl groups is 1. The number of hydrogen-bond donors (Lipinski definition) is 1. The van der Waals surface area contributed by atoms with Crippen molar-refractivity contribution in [2.45, 2.75) is 73.8 Å². The Morgan fingerprint density at radius 3 is 1.56 bits per heavy atom. The van der Waals surface area contributed by atoms with E-state index in [9.17, 15) is 9.90 Å². The van der Waals surface area contributed by atoms with Crippen LogP contribution in [-0.4, -0.2) is 17.5 Å². The molecule has 0 aromatic rings. The molecule has 98 valence electrons. The van der Waals surface area contributed by atoms with E-state index < -0.39 is 0 Å². The highest BCUT2D eigenvalue weighted by atomic mass is 16.3. The maximum Gasteiger partial charge on any atom is 0.120 e. The van der Waals surface area contributed by atoms with Crippen molar-refractivity contribution in [1.29, 1.82) is 0 Å². The van der Waals surface area contributed by atoms with Gasteiger partial charge in [0.05, 0.1) is 6.10 Å². The minimum atomic E-state index is -0.106. The maximum atomic E-state index is 9.82. The molecule has 2 heteroatoms. The van der Waals surface area contributed by atoms with Gasteiger partial charge in [0.15, 0.2) is 0 Å². The van der Waals surface area contributed by atoms with Gasteiger partial charge in [0.2, 0.25) is 0 Å². The monoisotopic (exact) mass is 230 g/mol. The largest absolute Gasteiger partial charge is 0.393 e. The van der Waals surface area contributed by atoms with E-state index in [4.69, 9.17) is 0 Å². The Labute approximate surface area is 101 Å². The maximum absolute atomic E-state index is 9.82. The van der Waals surface area contributed by atoms with Crippen molar-refractivity contribution in [3.63, 3.8) is 0 Å². The molecule has 0 aromatic carbocycles. The third-order valence-corrected chi connectivity index (χ3v) is 2.01. The molecule has 0 aliphatic rings. The van der Waals surface area contributed by atoms with E-state index in [2.05, 4.69) is 20.8 Å². The van der Waals surface area contributed by atoms with Gasteiger partial charge in [-0.25, -0.2) is 0 Å². The minimum absolute atomic E-state index is 0.106. The highest BCUT2D eigenvalue weighted by Gasteiger charge is 2.14. The van der Waals surface area contributed by atoms with E-state index in [-0.39, 0.29) is 16.9 Å². The summed E-state index contributed by atoms with van der Waals surface area (Å²) in [6, 6.07) is 0. The molecule has 0 rings (SSSR count). The van der Waals surface area contributed by atoms with Crippen LogP contribution in [0.25, 0.3) is 0 Å². The van der Waals surface area contributed by atoms with Crippen LogP contribution in [0.1, 0.15) is 67.7 Å². The molecule has 0 saturated heterocycles. The van der Waals surface area contributed by atoms with Gasteiger partial charge >= 0.3 is 0 Å². The van der Waals surface area contributed by atoms with Crippen LogP contribution in [0.4, 0.5) is 0 Å². The van der Waals surface area contributed by atoms with Crippen LogP contribution in [0.2, 0.25) is 0 Å². The normalized spacial score (nSPS) is 13.8. The standard InChI is InChI=1S/C8H18O.C6H12O/c1-5-7(9)6-8(2,3)4;1-6(2,3)4-5-7/h7,9H,5-6H2,1-4H3;5H,4H2,1-3H3. The molecule has 0 aliphatic carbocycles. The molecule has 2 nitrogen and oxygen atoms in total. The Bertz CT molecular complexity index is 172. The van der Waals surface area contributed by atoms with E-state index in [0.29, 0.717) is 6.42 Å². The zero-order valence-electron chi connectivity index (χ0n) is 12.1. The van der Waals surface area contributed by atoms with Crippen LogP contribution in [0.5, 0.6) is 0 Å². The lowest BCUT2D eigenvalue weighted by Gasteiger charge is -2.20. The highest BCUT2D eigenvalue weighted by molar-refractivity contribution is 5.50. The number of hydrogen-bond acceptors (Lipinski definition) is 2. The molecular weight excluding hydrogens is 200 g/mol. The third kappa shape index (κ3) is 19.2. The summed E-state index contributed by atoms with van der Waals surface area (Å²) in [5.74, 6) is 0. The van der Waals surface area contributed by atoms with Crippen molar-refractivity contribution in [3.05, 3.63) is 0 Å². The number of aliphatic hydroxyl groups excluding tert-OH is 1. The van der Waals surface area contributed by atoms with E-state index >= 15 is 0 Å². The molecule has 0 amide bonds. The van der Waals surface area contributed by atoms with Crippen LogP contribution in [0.15, 0.2) is 0 Å². The summed E-state index contributed by atoms with van der Waals surface area (Å²) in [4.78, 5) is 9.82. The fraction of sp³-hybridized carbons (Fsp3) is 0.929. The van der Waals surface area contributed by atoms with Crippen LogP contribution < -0.4 is 0 Å². The molecule has 1 N–H and O–H groups in total. The Morgan fingerprint density at radius 2 is 1.50 bits per heavy atom. The summed E-state index contributed by atoms with van der Waals surface area (Å²) >= 11 is 0. The van der Waals surface area contributed by atoms with Crippen LogP contribution in [-0.2, 0) is 4.79 Å². The number of aldehydes is 1. The third-order valence-electron chi connectivity index (χ3n) is 2.01. The molecule has 0 fully saturated rings. The Balaban J connectivity index is 0. The highest BCUT2D eigenvalue weighted by Crippen LogP contribution is 2.21. The second-order valence-electron chi connectivity index (χ2n) is 6.76. The number of carbonyl (C=O) groups excluding carboxylic acids is 1. The van der Waals surface area contributed by atoms with Gasteiger partial charge in [-0.1, -0.05) is 48.5 Å². The van der Waals surface area contributed by atoms with Gasteiger partial charge < -0.3 is 9.90 Å². The lowest BCUT2D eigenvalue weighted by Crippen LogP contribution is -2.16. The summed E-state index contributed by atoms with van der Waals surface area (Å²) in [6.45, 7) is 14.6. The summed E-state index contributed by atoms with van der Waals surface area (Å²) in [5, 5.41) is 9.19. The molecule has 16 heavy (non-hydrogen) atoms. The van der Waals surface area contributed by atoms with Gasteiger partial charge in [-0.05, 0) is 23.7 Å². The molecular formula is C14H30O2. The molecule has 0 bridgehead atoms. The van der Waals surface area contributed by atoms with E-state index in [0.717, 1.165) is 19.1 Å². The van der Waals surface area contributed by atoms with Gasteiger partial charge in [-0.15, -0.1) is 0 Å². The van der Waals surface area contributed by atoms with Crippen molar-refractivity contribution in [3.8, 4) is 0 Å². The Hall–Kier alpha value is -0.370. The van der Waals surface area contributed by atoms with E-state index in [1.54, 1.807) is 0 Å². The summed E-state index contributed by atoms with van der Waals surface area (Å²) in [6.07, 6.45) is 3.29. The van der Waals surface area contributed by atoms with Gasteiger partial charge in [0.25, 0.3) is 0 Å². The van der Waals surface area contributed by atoms with Gasteiger partial charge in [0.1, 0.15) is 6.29 Å². The topological polar surface area (TPSA) is 37.3 Å². The van der Waals surface area contributed by atoms with Crippen molar-refractivity contribution in [2.75, 3.05) is 0 Å². The van der Waals surface area contributed by atoms with Crippen molar-refractivity contribution < 1.29 is 9.90 Å². The van der Waals surface area contributed by atoms with Crippen molar-refractivity contribution in [2.24, 2.45) is 10.8 Å². The number of rotatable bonds is 3. The average molecular weight is 230 g/mol. The van der Waals surface area contributed by atoms with Gasteiger partial charge in [-0.2, -0.15) is 0 Å². The first-order valence-electron chi connectivity index (χ1n) is 6.13. The molecule has 0 heterocycles. The lowest BCUT2D eigenvalue weighted by molar-refractivity contribution is -0.109. The van der Waals surface area contributed by atoms with Crippen LogP contribution in [0.3, 0.4) is 0 Å².